The van der Waals surface area contributed by atoms with Gasteiger partial charge in [0, 0.05) is 49.2 Å². The molecule has 14 rings (SSSR count). The Labute approximate surface area is 400 Å². The monoisotopic (exact) mass is 891 g/mol. The SMILES string of the molecule is CC1(C)c2ccccc2-c2ccc(-c3ccccc3N(c3cccc4c3-c3c(Cl)cccc3C43c4ccccc4Oc4ccccc43)c3ccc(-c4ccccc4)c4oc5ccccc5c34)cc21. The van der Waals surface area contributed by atoms with E-state index in [2.05, 4.69) is 231 Å². The van der Waals surface area contributed by atoms with E-state index in [0.29, 0.717) is 5.02 Å². The summed E-state index contributed by atoms with van der Waals surface area (Å²) in [7, 11) is 0. The summed E-state index contributed by atoms with van der Waals surface area (Å²) in [4.78, 5) is 2.49. The molecule has 0 amide bonds. The number of halogens is 1. The molecule has 4 heteroatoms. The predicted molar refractivity (Wildman–Crippen MR) is 279 cm³/mol. The van der Waals surface area contributed by atoms with Gasteiger partial charge in [-0.2, -0.15) is 0 Å². The molecule has 1 aromatic heterocycles. The second-order valence-electron chi connectivity index (χ2n) is 18.8. The van der Waals surface area contributed by atoms with Crippen LogP contribution in [0, 0.1) is 0 Å². The van der Waals surface area contributed by atoms with Crippen molar-refractivity contribution in [1.29, 1.82) is 0 Å². The van der Waals surface area contributed by atoms with E-state index >= 15 is 0 Å². The van der Waals surface area contributed by atoms with Crippen molar-refractivity contribution in [3.63, 3.8) is 0 Å². The second kappa shape index (κ2) is 14.4. The first-order valence-electron chi connectivity index (χ1n) is 23.4. The van der Waals surface area contributed by atoms with Gasteiger partial charge >= 0.3 is 0 Å². The zero-order valence-corrected chi connectivity index (χ0v) is 38.2. The Kier molecular flexibility index (Phi) is 8.30. The summed E-state index contributed by atoms with van der Waals surface area (Å²) in [6.45, 7) is 4.71. The van der Waals surface area contributed by atoms with Gasteiger partial charge in [0.2, 0.25) is 0 Å². The molecule has 1 aliphatic heterocycles. The number of anilines is 3. The summed E-state index contributed by atoms with van der Waals surface area (Å²) >= 11 is 7.65. The first-order chi connectivity index (χ1) is 33.4. The molecule has 68 heavy (non-hydrogen) atoms. The van der Waals surface area contributed by atoms with Crippen molar-refractivity contribution >= 4 is 50.6 Å². The summed E-state index contributed by atoms with van der Waals surface area (Å²) in [6, 6.07) is 78.5. The van der Waals surface area contributed by atoms with Crippen molar-refractivity contribution in [2.45, 2.75) is 24.7 Å². The molecule has 3 nitrogen and oxygen atoms in total. The highest BCUT2D eigenvalue weighted by Gasteiger charge is 2.52. The molecule has 2 heterocycles. The predicted octanol–water partition coefficient (Wildman–Crippen LogP) is 17.8. The van der Waals surface area contributed by atoms with Crippen molar-refractivity contribution in [2.75, 3.05) is 4.90 Å². The fourth-order valence-corrected chi connectivity index (χ4v) is 12.4. The molecule has 0 saturated carbocycles. The molecule has 0 saturated heterocycles. The van der Waals surface area contributed by atoms with Crippen LogP contribution in [0.1, 0.15) is 47.2 Å². The van der Waals surface area contributed by atoms with Crippen LogP contribution in [0.25, 0.3) is 66.4 Å². The van der Waals surface area contributed by atoms with Crippen LogP contribution in [0.15, 0.2) is 223 Å². The molecule has 0 radical (unpaired) electrons. The molecule has 2 aliphatic carbocycles. The van der Waals surface area contributed by atoms with Crippen molar-refractivity contribution in [2.24, 2.45) is 0 Å². The lowest BCUT2D eigenvalue weighted by atomic mass is 9.66. The summed E-state index contributed by atoms with van der Waals surface area (Å²) in [5, 5.41) is 2.78. The topological polar surface area (TPSA) is 25.6 Å². The normalized spacial score (nSPS) is 14.2. The van der Waals surface area contributed by atoms with Gasteiger partial charge in [-0.15, -0.1) is 0 Å². The minimum atomic E-state index is -0.725. The van der Waals surface area contributed by atoms with Crippen LogP contribution >= 0.6 is 11.6 Å². The molecule has 322 valence electrons. The molecule has 0 N–H and O–H groups in total. The van der Waals surface area contributed by atoms with Gasteiger partial charge in [0.1, 0.15) is 22.7 Å². The van der Waals surface area contributed by atoms with E-state index < -0.39 is 5.41 Å². The number of hydrogen-bond acceptors (Lipinski definition) is 3. The number of ether oxygens (including phenoxy) is 1. The van der Waals surface area contributed by atoms with Crippen molar-refractivity contribution < 1.29 is 9.15 Å². The minimum Gasteiger partial charge on any atom is -0.457 e. The van der Waals surface area contributed by atoms with Crippen LogP contribution in [0.5, 0.6) is 11.5 Å². The van der Waals surface area contributed by atoms with Gasteiger partial charge in [-0.25, -0.2) is 0 Å². The van der Waals surface area contributed by atoms with E-state index in [1.165, 1.54) is 22.3 Å². The zero-order valence-electron chi connectivity index (χ0n) is 37.4. The molecule has 11 aromatic rings. The molecule has 0 fully saturated rings. The smallest absolute Gasteiger partial charge is 0.145 e. The van der Waals surface area contributed by atoms with Crippen molar-refractivity contribution in [3.8, 4) is 56.0 Å². The Morgan fingerprint density at radius 3 is 1.79 bits per heavy atom. The highest BCUT2D eigenvalue weighted by Crippen LogP contribution is 2.66. The molecule has 0 atom stereocenters. The van der Waals surface area contributed by atoms with Gasteiger partial charge in [-0.1, -0.05) is 189 Å². The molecule has 10 aromatic carbocycles. The standard InChI is InChI=1S/C64H42ClNO2/c1-63(2)46-23-9-6-21-43(46)44-35-34-40(38-51(44)63)41-20-7-12-29-53(41)66(55-37-36-42(39-18-4-3-5-19-39)62-59(55)45-22-8-13-31-56(45)68-62)54-30-17-27-50-61(54)60-49(26-16-28-52(60)65)64(50)47-24-10-14-32-57(47)67-58-33-15-11-25-48(58)64/h3-38H,1-2H3. The Bertz CT molecular complexity index is 3850. The van der Waals surface area contributed by atoms with E-state index in [1.807, 2.05) is 6.07 Å². The third-order valence-electron chi connectivity index (χ3n) is 15.0. The summed E-state index contributed by atoms with van der Waals surface area (Å²) in [5.41, 5.74) is 20.0. The summed E-state index contributed by atoms with van der Waals surface area (Å²) in [5.74, 6) is 1.67. The van der Waals surface area contributed by atoms with Gasteiger partial charge in [0.05, 0.1) is 27.9 Å². The molecule has 0 bridgehead atoms. The Hall–Kier alpha value is -8.11. The molecule has 3 aliphatic rings. The summed E-state index contributed by atoms with van der Waals surface area (Å²) < 4.78 is 13.7. The van der Waals surface area contributed by atoms with E-state index in [0.717, 1.165) is 106 Å². The number of nitrogens with zero attached hydrogens (tertiary/aromatic N) is 1. The number of para-hydroxylation sites is 4. The highest BCUT2D eigenvalue weighted by molar-refractivity contribution is 6.34. The van der Waals surface area contributed by atoms with E-state index in [1.54, 1.807) is 0 Å². The van der Waals surface area contributed by atoms with Crippen molar-refractivity contribution in [1.82, 2.24) is 0 Å². The maximum Gasteiger partial charge on any atom is 0.145 e. The van der Waals surface area contributed by atoms with Crippen LogP contribution in [-0.4, -0.2) is 0 Å². The van der Waals surface area contributed by atoms with Crippen LogP contribution in [0.2, 0.25) is 5.02 Å². The Morgan fingerprint density at radius 2 is 1.00 bits per heavy atom. The zero-order chi connectivity index (χ0) is 45.3. The fourth-order valence-electron chi connectivity index (χ4n) is 12.1. The van der Waals surface area contributed by atoms with Crippen LogP contribution < -0.4 is 9.64 Å². The average Bonchev–Trinajstić information content (AvgIpc) is 4.00. The third-order valence-corrected chi connectivity index (χ3v) is 15.3. The van der Waals surface area contributed by atoms with Gasteiger partial charge in [-0.05, 0) is 99.1 Å². The van der Waals surface area contributed by atoms with Gasteiger partial charge < -0.3 is 14.1 Å². The van der Waals surface area contributed by atoms with Crippen LogP contribution in [-0.2, 0) is 10.8 Å². The molecule has 0 unspecified atom stereocenters. The number of benzene rings is 10. The molecule has 1 spiro atoms. The second-order valence-corrected chi connectivity index (χ2v) is 19.2. The number of rotatable bonds is 5. The Balaban J connectivity index is 1.11. The van der Waals surface area contributed by atoms with E-state index in [-0.39, 0.29) is 5.41 Å². The molecular weight excluding hydrogens is 850 g/mol. The maximum atomic E-state index is 7.65. The lowest BCUT2D eigenvalue weighted by Gasteiger charge is -2.39. The lowest BCUT2D eigenvalue weighted by molar-refractivity contribution is 0.436. The Morgan fingerprint density at radius 1 is 0.412 bits per heavy atom. The largest absolute Gasteiger partial charge is 0.457 e. The summed E-state index contributed by atoms with van der Waals surface area (Å²) in [6.07, 6.45) is 0. The van der Waals surface area contributed by atoms with Gasteiger partial charge in [-0.3, -0.25) is 0 Å². The van der Waals surface area contributed by atoms with Crippen LogP contribution in [0.3, 0.4) is 0 Å². The molecular formula is C64H42ClNO2. The quantitative estimate of drug-likeness (QED) is 0.172. The average molecular weight is 892 g/mol. The first-order valence-corrected chi connectivity index (χ1v) is 23.7. The highest BCUT2D eigenvalue weighted by atomic mass is 35.5. The maximum absolute atomic E-state index is 7.65. The first kappa shape index (κ1) is 39.1. The van der Waals surface area contributed by atoms with E-state index in [4.69, 9.17) is 20.8 Å². The number of fused-ring (bicyclic) bond motifs is 15. The van der Waals surface area contributed by atoms with Crippen LogP contribution in [0.4, 0.5) is 17.1 Å². The number of hydrogen-bond donors (Lipinski definition) is 0. The number of furan rings is 1. The van der Waals surface area contributed by atoms with Gasteiger partial charge in [0.15, 0.2) is 0 Å². The minimum absolute atomic E-state index is 0.170. The lowest BCUT2D eigenvalue weighted by Crippen LogP contribution is -2.32. The fraction of sp³-hybridized carbons (Fsp3) is 0.0625. The van der Waals surface area contributed by atoms with Crippen molar-refractivity contribution in [3.05, 3.63) is 257 Å². The third kappa shape index (κ3) is 5.25. The van der Waals surface area contributed by atoms with Gasteiger partial charge in [0.25, 0.3) is 0 Å². The van der Waals surface area contributed by atoms with E-state index in [9.17, 15) is 0 Å².